The van der Waals surface area contributed by atoms with Gasteiger partial charge in [0.05, 0.1) is 6.07 Å². The topological polar surface area (TPSA) is 35.8 Å². The van der Waals surface area contributed by atoms with Crippen molar-refractivity contribution in [2.45, 2.75) is 38.1 Å². The summed E-state index contributed by atoms with van der Waals surface area (Å²) in [5.74, 6) is 0.614. The van der Waals surface area contributed by atoms with Gasteiger partial charge in [-0.2, -0.15) is 5.26 Å². The van der Waals surface area contributed by atoms with Crippen molar-refractivity contribution in [3.8, 4) is 6.07 Å². The first-order valence-corrected chi connectivity index (χ1v) is 6.46. The van der Waals surface area contributed by atoms with E-state index in [1.54, 1.807) is 0 Å². The summed E-state index contributed by atoms with van der Waals surface area (Å²) in [6.45, 7) is 2.22. The maximum Gasteiger partial charge on any atom is 0.125 e. The SMILES string of the molecule is CC1CCCC(C#N)(Nc2ccc(Cl)cc2)C1. The fourth-order valence-electron chi connectivity index (χ4n) is 2.60. The van der Waals surface area contributed by atoms with Gasteiger partial charge in [0.2, 0.25) is 0 Å². The molecule has 1 aliphatic carbocycles. The van der Waals surface area contributed by atoms with Gasteiger partial charge in [-0.05, 0) is 49.4 Å². The molecule has 2 atom stereocenters. The van der Waals surface area contributed by atoms with Crippen LogP contribution >= 0.6 is 11.6 Å². The van der Waals surface area contributed by atoms with E-state index in [0.717, 1.165) is 30.0 Å². The third kappa shape index (κ3) is 2.92. The molecule has 0 amide bonds. The number of anilines is 1. The lowest BCUT2D eigenvalue weighted by Crippen LogP contribution is -2.41. The first kappa shape index (κ1) is 12.3. The molecule has 2 rings (SSSR count). The molecule has 0 saturated heterocycles. The molecule has 0 aromatic heterocycles. The summed E-state index contributed by atoms with van der Waals surface area (Å²) in [7, 11) is 0. The second-order valence-corrected chi connectivity index (χ2v) is 5.46. The van der Waals surface area contributed by atoms with Gasteiger partial charge in [-0.3, -0.25) is 0 Å². The van der Waals surface area contributed by atoms with Crippen molar-refractivity contribution in [3.63, 3.8) is 0 Å². The molecule has 1 fully saturated rings. The lowest BCUT2D eigenvalue weighted by atomic mass is 9.77. The van der Waals surface area contributed by atoms with Crippen molar-refractivity contribution < 1.29 is 0 Å². The fraction of sp³-hybridized carbons (Fsp3) is 0.500. The van der Waals surface area contributed by atoms with E-state index in [9.17, 15) is 5.26 Å². The van der Waals surface area contributed by atoms with Crippen LogP contribution < -0.4 is 5.32 Å². The molecule has 17 heavy (non-hydrogen) atoms. The van der Waals surface area contributed by atoms with E-state index in [4.69, 9.17) is 11.6 Å². The minimum Gasteiger partial charge on any atom is -0.367 e. The molecule has 0 aliphatic heterocycles. The van der Waals surface area contributed by atoms with E-state index in [0.29, 0.717) is 5.92 Å². The van der Waals surface area contributed by atoms with Gasteiger partial charge in [-0.1, -0.05) is 24.9 Å². The molecular formula is C14H17ClN2. The molecule has 0 radical (unpaired) electrons. The Hall–Kier alpha value is -1.20. The summed E-state index contributed by atoms with van der Waals surface area (Å²) in [5.41, 5.74) is 0.580. The third-order valence-corrected chi connectivity index (χ3v) is 3.69. The lowest BCUT2D eigenvalue weighted by molar-refractivity contribution is 0.308. The maximum absolute atomic E-state index is 9.44. The Morgan fingerprint density at radius 2 is 2.12 bits per heavy atom. The number of nitriles is 1. The molecule has 1 saturated carbocycles. The van der Waals surface area contributed by atoms with Crippen molar-refractivity contribution in [2.75, 3.05) is 5.32 Å². The molecule has 2 unspecified atom stereocenters. The molecular weight excluding hydrogens is 232 g/mol. The lowest BCUT2D eigenvalue weighted by Gasteiger charge is -2.35. The van der Waals surface area contributed by atoms with Crippen LogP contribution in [0.25, 0.3) is 0 Å². The summed E-state index contributed by atoms with van der Waals surface area (Å²) in [6.07, 6.45) is 4.20. The minimum atomic E-state index is -0.397. The normalized spacial score (nSPS) is 28.4. The van der Waals surface area contributed by atoms with Gasteiger partial charge < -0.3 is 5.32 Å². The predicted molar refractivity (Wildman–Crippen MR) is 71.1 cm³/mol. The Kier molecular flexibility index (Phi) is 3.59. The summed E-state index contributed by atoms with van der Waals surface area (Å²) < 4.78 is 0. The van der Waals surface area contributed by atoms with Crippen molar-refractivity contribution in [2.24, 2.45) is 5.92 Å². The van der Waals surface area contributed by atoms with Gasteiger partial charge in [-0.25, -0.2) is 0 Å². The van der Waals surface area contributed by atoms with E-state index in [2.05, 4.69) is 18.3 Å². The van der Waals surface area contributed by atoms with Crippen LogP contribution in [-0.4, -0.2) is 5.54 Å². The van der Waals surface area contributed by atoms with Gasteiger partial charge in [0, 0.05) is 10.7 Å². The number of nitrogens with zero attached hydrogens (tertiary/aromatic N) is 1. The summed E-state index contributed by atoms with van der Waals surface area (Å²) in [5, 5.41) is 13.5. The van der Waals surface area contributed by atoms with Gasteiger partial charge >= 0.3 is 0 Å². The Morgan fingerprint density at radius 3 is 2.71 bits per heavy atom. The standard InChI is InChI=1S/C14H17ClN2/c1-11-3-2-8-14(9-11,10-16)17-13-6-4-12(15)5-7-13/h4-7,11,17H,2-3,8-9H2,1H3. The number of hydrogen-bond acceptors (Lipinski definition) is 2. The smallest absolute Gasteiger partial charge is 0.125 e. The van der Waals surface area contributed by atoms with Crippen molar-refractivity contribution in [3.05, 3.63) is 29.3 Å². The van der Waals surface area contributed by atoms with E-state index in [-0.39, 0.29) is 0 Å². The first-order valence-electron chi connectivity index (χ1n) is 6.08. The zero-order valence-electron chi connectivity index (χ0n) is 10.0. The number of benzene rings is 1. The van der Waals surface area contributed by atoms with Crippen molar-refractivity contribution >= 4 is 17.3 Å². The molecule has 3 heteroatoms. The Bertz CT molecular complexity index is 421. The van der Waals surface area contributed by atoms with E-state index < -0.39 is 5.54 Å². The van der Waals surface area contributed by atoms with Crippen molar-refractivity contribution in [1.82, 2.24) is 0 Å². The first-order chi connectivity index (χ1) is 8.13. The summed E-state index contributed by atoms with van der Waals surface area (Å²) in [6, 6.07) is 10.0. The summed E-state index contributed by atoms with van der Waals surface area (Å²) in [4.78, 5) is 0. The number of rotatable bonds is 2. The maximum atomic E-state index is 9.44. The molecule has 1 aromatic carbocycles. The highest BCUT2D eigenvalue weighted by atomic mass is 35.5. The average molecular weight is 249 g/mol. The Balaban J connectivity index is 2.14. The van der Waals surface area contributed by atoms with Crippen LogP contribution in [0.5, 0.6) is 0 Å². The molecule has 1 aliphatic rings. The number of halogens is 1. The highest BCUT2D eigenvalue weighted by Gasteiger charge is 2.34. The van der Waals surface area contributed by atoms with E-state index in [1.807, 2.05) is 24.3 Å². The van der Waals surface area contributed by atoms with Gasteiger partial charge in [0.1, 0.15) is 5.54 Å². The van der Waals surface area contributed by atoms with Crippen molar-refractivity contribution in [1.29, 1.82) is 5.26 Å². The predicted octanol–water partition coefficient (Wildman–Crippen LogP) is 4.22. The fourth-order valence-corrected chi connectivity index (χ4v) is 2.73. The van der Waals surface area contributed by atoms with Crippen LogP contribution in [0.1, 0.15) is 32.6 Å². The van der Waals surface area contributed by atoms with Crippen LogP contribution in [-0.2, 0) is 0 Å². The van der Waals surface area contributed by atoms with Crippen LogP contribution in [0.3, 0.4) is 0 Å². The highest BCUT2D eigenvalue weighted by molar-refractivity contribution is 6.30. The third-order valence-electron chi connectivity index (χ3n) is 3.44. The molecule has 0 spiro atoms. The zero-order valence-corrected chi connectivity index (χ0v) is 10.8. The van der Waals surface area contributed by atoms with Crippen LogP contribution in [0.2, 0.25) is 5.02 Å². The van der Waals surface area contributed by atoms with Gasteiger partial charge in [0.25, 0.3) is 0 Å². The quantitative estimate of drug-likeness (QED) is 0.850. The highest BCUT2D eigenvalue weighted by Crippen LogP contribution is 2.34. The monoisotopic (exact) mass is 248 g/mol. The van der Waals surface area contributed by atoms with Gasteiger partial charge in [-0.15, -0.1) is 0 Å². The molecule has 90 valence electrons. The largest absolute Gasteiger partial charge is 0.367 e. The van der Waals surface area contributed by atoms with E-state index in [1.165, 1.54) is 6.42 Å². The number of nitrogens with one attached hydrogen (secondary N) is 1. The van der Waals surface area contributed by atoms with Crippen LogP contribution in [0, 0.1) is 17.2 Å². The van der Waals surface area contributed by atoms with E-state index >= 15 is 0 Å². The van der Waals surface area contributed by atoms with Crippen LogP contribution in [0.15, 0.2) is 24.3 Å². The molecule has 0 heterocycles. The molecule has 2 nitrogen and oxygen atoms in total. The number of hydrogen-bond donors (Lipinski definition) is 1. The van der Waals surface area contributed by atoms with Gasteiger partial charge in [0.15, 0.2) is 0 Å². The Morgan fingerprint density at radius 1 is 1.41 bits per heavy atom. The minimum absolute atomic E-state index is 0.397. The Labute approximate surface area is 108 Å². The molecule has 1 N–H and O–H groups in total. The summed E-state index contributed by atoms with van der Waals surface area (Å²) >= 11 is 5.85. The average Bonchev–Trinajstić information content (AvgIpc) is 2.32. The molecule has 0 bridgehead atoms. The van der Waals surface area contributed by atoms with Crippen LogP contribution in [0.4, 0.5) is 5.69 Å². The zero-order chi connectivity index (χ0) is 12.3. The second-order valence-electron chi connectivity index (χ2n) is 5.03. The second kappa shape index (κ2) is 4.98. The molecule has 1 aromatic rings.